The van der Waals surface area contributed by atoms with Gasteiger partial charge in [-0.1, -0.05) is 11.6 Å². The number of nitrogens with two attached hydrogens (primary N) is 1. The van der Waals surface area contributed by atoms with Gasteiger partial charge in [-0.15, -0.1) is 0 Å². The van der Waals surface area contributed by atoms with Crippen molar-refractivity contribution < 1.29 is 9.47 Å². The second kappa shape index (κ2) is 5.18. The number of hydrogen-bond donors (Lipinski definition) is 2. The fourth-order valence-corrected chi connectivity index (χ4v) is 2.44. The predicted octanol–water partition coefficient (Wildman–Crippen LogP) is 3.48. The number of aromatic amines is 1. The third-order valence-electron chi connectivity index (χ3n) is 3.25. The molecule has 0 amide bonds. The Hall–Kier alpha value is -2.40. The SMILES string of the molecule is COc1cc(Cl)c2nc(-c3ccc(OC)c(N)c3)[nH]c2c1. The number of anilines is 1. The van der Waals surface area contributed by atoms with E-state index >= 15 is 0 Å². The Bertz CT molecular complexity index is 814. The Morgan fingerprint density at radius 1 is 1.14 bits per heavy atom. The van der Waals surface area contributed by atoms with E-state index in [1.807, 2.05) is 18.2 Å². The van der Waals surface area contributed by atoms with Crippen molar-refractivity contribution in [3.63, 3.8) is 0 Å². The molecule has 0 unspecified atom stereocenters. The average molecular weight is 304 g/mol. The van der Waals surface area contributed by atoms with Crippen LogP contribution in [-0.4, -0.2) is 24.2 Å². The molecule has 5 nitrogen and oxygen atoms in total. The van der Waals surface area contributed by atoms with Crippen LogP contribution in [0.2, 0.25) is 5.02 Å². The fraction of sp³-hybridized carbons (Fsp3) is 0.133. The van der Waals surface area contributed by atoms with Crippen LogP contribution in [0.3, 0.4) is 0 Å². The van der Waals surface area contributed by atoms with Crippen molar-refractivity contribution in [1.82, 2.24) is 9.97 Å². The number of nitrogens with one attached hydrogen (secondary N) is 1. The van der Waals surface area contributed by atoms with Crippen LogP contribution >= 0.6 is 11.6 Å². The van der Waals surface area contributed by atoms with Gasteiger partial charge in [-0.05, 0) is 18.2 Å². The summed E-state index contributed by atoms with van der Waals surface area (Å²) in [6, 6.07) is 9.08. The summed E-state index contributed by atoms with van der Waals surface area (Å²) in [6.07, 6.45) is 0. The van der Waals surface area contributed by atoms with E-state index in [1.165, 1.54) is 0 Å². The van der Waals surface area contributed by atoms with Crippen molar-refractivity contribution >= 4 is 28.3 Å². The predicted molar refractivity (Wildman–Crippen MR) is 84.1 cm³/mol. The zero-order valence-corrected chi connectivity index (χ0v) is 12.4. The fourth-order valence-electron chi connectivity index (χ4n) is 2.19. The first-order valence-electron chi connectivity index (χ1n) is 6.29. The van der Waals surface area contributed by atoms with Gasteiger partial charge in [0.2, 0.25) is 0 Å². The van der Waals surface area contributed by atoms with Gasteiger partial charge in [-0.25, -0.2) is 4.98 Å². The van der Waals surface area contributed by atoms with Gasteiger partial charge in [0.25, 0.3) is 0 Å². The van der Waals surface area contributed by atoms with E-state index in [0.29, 0.717) is 33.6 Å². The number of rotatable bonds is 3. The number of benzene rings is 2. The van der Waals surface area contributed by atoms with E-state index in [2.05, 4.69) is 9.97 Å². The minimum absolute atomic E-state index is 0.535. The van der Waals surface area contributed by atoms with Gasteiger partial charge in [0.1, 0.15) is 22.8 Å². The summed E-state index contributed by atoms with van der Waals surface area (Å²) in [5.74, 6) is 2.00. The Morgan fingerprint density at radius 3 is 2.62 bits per heavy atom. The highest BCUT2D eigenvalue weighted by atomic mass is 35.5. The summed E-state index contributed by atoms with van der Waals surface area (Å²) in [5.41, 5.74) is 8.85. The Kier molecular flexibility index (Phi) is 3.35. The highest BCUT2D eigenvalue weighted by Crippen LogP contribution is 2.32. The molecule has 1 heterocycles. The van der Waals surface area contributed by atoms with Crippen LogP contribution in [0.5, 0.6) is 11.5 Å². The van der Waals surface area contributed by atoms with Crippen molar-refractivity contribution in [2.45, 2.75) is 0 Å². The first-order valence-corrected chi connectivity index (χ1v) is 6.67. The van der Waals surface area contributed by atoms with Gasteiger partial charge in [-0.3, -0.25) is 0 Å². The maximum atomic E-state index is 6.21. The third kappa shape index (κ3) is 2.36. The molecule has 3 aromatic rings. The molecular weight excluding hydrogens is 290 g/mol. The molecule has 0 bridgehead atoms. The number of halogens is 1. The van der Waals surface area contributed by atoms with Crippen LogP contribution in [0, 0.1) is 0 Å². The van der Waals surface area contributed by atoms with E-state index in [0.717, 1.165) is 11.1 Å². The van der Waals surface area contributed by atoms with Crippen LogP contribution in [-0.2, 0) is 0 Å². The lowest BCUT2D eigenvalue weighted by Crippen LogP contribution is -1.92. The summed E-state index contributed by atoms with van der Waals surface area (Å²) in [7, 11) is 3.18. The van der Waals surface area contributed by atoms with Gasteiger partial charge in [-0.2, -0.15) is 0 Å². The smallest absolute Gasteiger partial charge is 0.141 e. The molecular formula is C15H14ClN3O2. The molecule has 1 aromatic heterocycles. The number of ether oxygens (including phenoxy) is 2. The van der Waals surface area contributed by atoms with Crippen molar-refractivity contribution in [1.29, 1.82) is 0 Å². The summed E-state index contributed by atoms with van der Waals surface area (Å²) in [5, 5.41) is 0.535. The third-order valence-corrected chi connectivity index (χ3v) is 3.54. The normalized spacial score (nSPS) is 10.8. The van der Waals surface area contributed by atoms with Gasteiger partial charge >= 0.3 is 0 Å². The molecule has 0 atom stereocenters. The minimum atomic E-state index is 0.535. The van der Waals surface area contributed by atoms with E-state index in [4.69, 9.17) is 26.8 Å². The summed E-state index contributed by atoms with van der Waals surface area (Å²) in [4.78, 5) is 7.74. The zero-order chi connectivity index (χ0) is 15.0. The monoisotopic (exact) mass is 303 g/mol. The molecule has 0 fully saturated rings. The molecule has 2 aromatic carbocycles. The van der Waals surface area contributed by atoms with Crippen LogP contribution < -0.4 is 15.2 Å². The molecule has 0 saturated heterocycles. The summed E-state index contributed by atoms with van der Waals surface area (Å²) < 4.78 is 10.3. The molecule has 21 heavy (non-hydrogen) atoms. The number of fused-ring (bicyclic) bond motifs is 1. The number of imidazole rings is 1. The van der Waals surface area contributed by atoms with Gasteiger partial charge in [0, 0.05) is 17.7 Å². The largest absolute Gasteiger partial charge is 0.497 e. The molecule has 6 heteroatoms. The molecule has 0 spiro atoms. The number of H-pyrrole nitrogens is 1. The van der Waals surface area contributed by atoms with Crippen LogP contribution in [0.15, 0.2) is 30.3 Å². The van der Waals surface area contributed by atoms with Gasteiger partial charge < -0.3 is 20.2 Å². The van der Waals surface area contributed by atoms with Crippen LogP contribution in [0.25, 0.3) is 22.4 Å². The van der Waals surface area contributed by atoms with Crippen molar-refractivity contribution in [3.05, 3.63) is 35.4 Å². The maximum absolute atomic E-state index is 6.21. The number of nitrogen functional groups attached to an aromatic ring is 1. The zero-order valence-electron chi connectivity index (χ0n) is 11.6. The van der Waals surface area contributed by atoms with Gasteiger partial charge in [0.15, 0.2) is 0 Å². The summed E-state index contributed by atoms with van der Waals surface area (Å²) in [6.45, 7) is 0. The van der Waals surface area contributed by atoms with Gasteiger partial charge in [0.05, 0.1) is 30.4 Å². The Labute approximate surface area is 126 Å². The van der Waals surface area contributed by atoms with Crippen molar-refractivity contribution in [3.8, 4) is 22.9 Å². The van der Waals surface area contributed by atoms with E-state index < -0.39 is 0 Å². The van der Waals surface area contributed by atoms with E-state index in [9.17, 15) is 0 Å². The summed E-state index contributed by atoms with van der Waals surface area (Å²) >= 11 is 6.21. The lowest BCUT2D eigenvalue weighted by atomic mass is 10.2. The average Bonchev–Trinajstić information content (AvgIpc) is 2.91. The minimum Gasteiger partial charge on any atom is -0.497 e. The molecule has 0 aliphatic heterocycles. The molecule has 0 radical (unpaired) electrons. The second-order valence-corrected chi connectivity index (χ2v) is 4.95. The lowest BCUT2D eigenvalue weighted by molar-refractivity contribution is 0.415. The first-order chi connectivity index (χ1) is 10.1. The number of hydrogen-bond acceptors (Lipinski definition) is 4. The lowest BCUT2D eigenvalue weighted by Gasteiger charge is -2.05. The topological polar surface area (TPSA) is 73.2 Å². The molecule has 0 saturated carbocycles. The first kappa shape index (κ1) is 13.6. The molecule has 108 valence electrons. The van der Waals surface area contributed by atoms with Crippen LogP contribution in [0.1, 0.15) is 0 Å². The molecule has 0 aliphatic rings. The van der Waals surface area contributed by atoms with Crippen molar-refractivity contribution in [2.75, 3.05) is 20.0 Å². The number of nitrogens with zero attached hydrogens (tertiary/aromatic N) is 1. The van der Waals surface area contributed by atoms with E-state index in [-0.39, 0.29) is 0 Å². The van der Waals surface area contributed by atoms with E-state index in [1.54, 1.807) is 26.4 Å². The Balaban J connectivity index is 2.12. The molecule has 3 rings (SSSR count). The number of aromatic nitrogens is 2. The second-order valence-electron chi connectivity index (χ2n) is 4.55. The Morgan fingerprint density at radius 2 is 1.95 bits per heavy atom. The quantitative estimate of drug-likeness (QED) is 0.727. The molecule has 0 aliphatic carbocycles. The standard InChI is InChI=1S/C15H14ClN3O2/c1-20-9-6-10(16)14-12(7-9)18-15(19-14)8-3-4-13(21-2)11(17)5-8/h3-7H,17H2,1-2H3,(H,18,19). The number of methoxy groups -OCH3 is 2. The van der Waals surface area contributed by atoms with Crippen molar-refractivity contribution in [2.24, 2.45) is 0 Å². The highest BCUT2D eigenvalue weighted by molar-refractivity contribution is 6.35. The molecule has 3 N–H and O–H groups in total. The van der Waals surface area contributed by atoms with Crippen LogP contribution in [0.4, 0.5) is 5.69 Å². The highest BCUT2D eigenvalue weighted by Gasteiger charge is 2.11. The maximum Gasteiger partial charge on any atom is 0.141 e.